The van der Waals surface area contributed by atoms with Crippen molar-refractivity contribution in [3.63, 3.8) is 0 Å². The Bertz CT molecular complexity index is 187. The molecule has 0 heterocycles. The molecule has 0 aliphatic carbocycles. The van der Waals surface area contributed by atoms with Crippen LogP contribution in [0.3, 0.4) is 0 Å². The molecule has 0 bridgehead atoms. The normalized spacial score (nSPS) is 12.9. The van der Waals surface area contributed by atoms with Gasteiger partial charge in [0.25, 0.3) is 0 Å². The Morgan fingerprint density at radius 1 is 0.600 bits per heavy atom. The number of unbranched alkanes of at least 4 members (excludes halogenated alkanes) is 1. The average Bonchev–Trinajstić information content (AvgIpc) is 2.36. The van der Waals surface area contributed by atoms with Crippen molar-refractivity contribution in [1.82, 2.24) is 0 Å². The van der Waals surface area contributed by atoms with Crippen LogP contribution in [-0.2, 0) is 0 Å². The molecule has 0 saturated heterocycles. The molecule has 0 aromatic rings. The van der Waals surface area contributed by atoms with Crippen molar-refractivity contribution in [2.45, 2.75) is 80.6 Å². The van der Waals surface area contributed by atoms with Gasteiger partial charge in [0, 0.05) is 0 Å². The maximum atomic E-state index is 2.37. The fraction of sp³-hybridized carbons (Fsp3) is 1.00. The van der Waals surface area contributed by atoms with Crippen molar-refractivity contribution in [2.24, 2.45) is 17.8 Å². The van der Waals surface area contributed by atoms with E-state index in [1.54, 1.807) is 0 Å². The molecule has 20 heavy (non-hydrogen) atoms. The summed E-state index contributed by atoms with van der Waals surface area (Å²) in [6.07, 6.45) is 6.90. The van der Waals surface area contributed by atoms with Gasteiger partial charge in [-0.25, -0.2) is 0 Å². The maximum Gasteiger partial charge on any atom is 0.0789 e. The largest absolute Gasteiger partial charge is 0.324 e. The summed E-state index contributed by atoms with van der Waals surface area (Å²) in [6, 6.07) is 0. The molecule has 0 radical (unpaired) electrons. The van der Waals surface area contributed by atoms with E-state index in [-0.39, 0.29) is 0 Å². The molecule has 1 heteroatoms. The van der Waals surface area contributed by atoms with E-state index in [2.05, 4.69) is 48.5 Å². The van der Waals surface area contributed by atoms with Gasteiger partial charge in [-0.3, -0.25) is 0 Å². The molecular formula is C19H42N+. The predicted molar refractivity (Wildman–Crippen MR) is 93.0 cm³/mol. The topological polar surface area (TPSA) is 0 Å². The Morgan fingerprint density at radius 3 is 1.20 bits per heavy atom. The Morgan fingerprint density at radius 2 is 0.950 bits per heavy atom. The molecule has 0 saturated carbocycles. The fourth-order valence-electron chi connectivity index (χ4n) is 2.76. The monoisotopic (exact) mass is 284 g/mol. The van der Waals surface area contributed by atoms with Crippen LogP contribution in [0.25, 0.3) is 0 Å². The Labute approximate surface area is 129 Å². The summed E-state index contributed by atoms with van der Waals surface area (Å²) >= 11 is 0. The number of hydrogen-bond acceptors (Lipinski definition) is 0. The van der Waals surface area contributed by atoms with Crippen molar-refractivity contribution >= 4 is 0 Å². The molecule has 122 valence electrons. The van der Waals surface area contributed by atoms with Gasteiger partial charge in [-0.15, -0.1) is 0 Å². The molecule has 0 aliphatic heterocycles. The second-order valence-electron chi connectivity index (χ2n) is 8.14. The lowest BCUT2D eigenvalue weighted by Crippen LogP contribution is -2.51. The summed E-state index contributed by atoms with van der Waals surface area (Å²) in [5.74, 6) is 2.52. The zero-order chi connectivity index (χ0) is 15.6. The molecule has 0 aromatic carbocycles. The zero-order valence-corrected chi connectivity index (χ0v) is 15.5. The number of nitrogens with zero attached hydrogens (tertiary/aromatic N) is 1. The summed E-state index contributed by atoms with van der Waals surface area (Å²) in [4.78, 5) is 0. The molecule has 0 unspecified atom stereocenters. The standard InChI is InChI=1S/C19H42N/c1-8-9-13-20(14-10-17(2)3,15-11-18(4)5)16-12-19(6)7/h17-19H,8-16H2,1-7H3/q+1. The second kappa shape index (κ2) is 10.7. The Kier molecular flexibility index (Phi) is 10.6. The Hall–Kier alpha value is -0.0400. The van der Waals surface area contributed by atoms with Gasteiger partial charge in [-0.2, -0.15) is 0 Å². The van der Waals surface area contributed by atoms with E-state index < -0.39 is 0 Å². The molecule has 0 N–H and O–H groups in total. The molecule has 0 rings (SSSR count). The quantitative estimate of drug-likeness (QED) is 0.401. The first-order valence-electron chi connectivity index (χ1n) is 9.16. The molecule has 0 amide bonds. The van der Waals surface area contributed by atoms with Crippen LogP contribution in [0.2, 0.25) is 0 Å². The lowest BCUT2D eigenvalue weighted by atomic mass is 10.0. The minimum Gasteiger partial charge on any atom is -0.324 e. The van der Waals surface area contributed by atoms with Gasteiger partial charge in [0.05, 0.1) is 26.2 Å². The SMILES string of the molecule is CCCC[N+](CCC(C)C)(CCC(C)C)CCC(C)C. The van der Waals surface area contributed by atoms with Gasteiger partial charge >= 0.3 is 0 Å². The summed E-state index contributed by atoms with van der Waals surface area (Å²) < 4.78 is 1.39. The Balaban J connectivity index is 4.74. The van der Waals surface area contributed by atoms with Crippen LogP contribution < -0.4 is 0 Å². The molecule has 1 nitrogen and oxygen atoms in total. The van der Waals surface area contributed by atoms with Gasteiger partial charge < -0.3 is 4.48 Å². The van der Waals surface area contributed by atoms with E-state index in [4.69, 9.17) is 0 Å². The smallest absolute Gasteiger partial charge is 0.0789 e. The van der Waals surface area contributed by atoms with Gasteiger partial charge in [-0.1, -0.05) is 54.9 Å². The highest BCUT2D eigenvalue weighted by atomic mass is 15.3. The lowest BCUT2D eigenvalue weighted by Gasteiger charge is -2.40. The van der Waals surface area contributed by atoms with Crippen LogP contribution in [0.1, 0.15) is 80.6 Å². The van der Waals surface area contributed by atoms with Gasteiger partial charge in [0.1, 0.15) is 0 Å². The molecule has 0 spiro atoms. The molecule has 0 fully saturated rings. The van der Waals surface area contributed by atoms with Gasteiger partial charge in [0.2, 0.25) is 0 Å². The zero-order valence-electron chi connectivity index (χ0n) is 15.5. The molecular weight excluding hydrogens is 242 g/mol. The number of rotatable bonds is 12. The highest BCUT2D eigenvalue weighted by Gasteiger charge is 2.27. The van der Waals surface area contributed by atoms with E-state index in [0.29, 0.717) is 0 Å². The van der Waals surface area contributed by atoms with E-state index in [9.17, 15) is 0 Å². The summed E-state index contributed by atoms with van der Waals surface area (Å²) in [6.45, 7) is 22.2. The van der Waals surface area contributed by atoms with Crippen LogP contribution in [0, 0.1) is 17.8 Å². The molecule has 0 aliphatic rings. The van der Waals surface area contributed by atoms with Crippen molar-refractivity contribution in [1.29, 1.82) is 0 Å². The van der Waals surface area contributed by atoms with Gasteiger partial charge in [-0.05, 0) is 43.4 Å². The van der Waals surface area contributed by atoms with Crippen molar-refractivity contribution in [2.75, 3.05) is 26.2 Å². The highest BCUT2D eigenvalue weighted by molar-refractivity contribution is 4.55. The van der Waals surface area contributed by atoms with Crippen LogP contribution in [0.5, 0.6) is 0 Å². The first kappa shape index (κ1) is 20.0. The third kappa shape index (κ3) is 9.80. The van der Waals surface area contributed by atoms with E-state index in [0.717, 1.165) is 17.8 Å². The van der Waals surface area contributed by atoms with Crippen molar-refractivity contribution in [3.8, 4) is 0 Å². The van der Waals surface area contributed by atoms with E-state index >= 15 is 0 Å². The van der Waals surface area contributed by atoms with E-state index in [1.165, 1.54) is 62.8 Å². The third-order valence-corrected chi connectivity index (χ3v) is 4.53. The first-order chi connectivity index (χ1) is 9.31. The first-order valence-corrected chi connectivity index (χ1v) is 9.16. The van der Waals surface area contributed by atoms with Crippen molar-refractivity contribution in [3.05, 3.63) is 0 Å². The molecule has 0 aromatic heterocycles. The number of quaternary nitrogens is 1. The third-order valence-electron chi connectivity index (χ3n) is 4.53. The minimum absolute atomic E-state index is 0.840. The number of hydrogen-bond donors (Lipinski definition) is 0. The summed E-state index contributed by atoms with van der Waals surface area (Å²) in [7, 11) is 0. The average molecular weight is 285 g/mol. The minimum atomic E-state index is 0.840. The fourth-order valence-corrected chi connectivity index (χ4v) is 2.76. The lowest BCUT2D eigenvalue weighted by molar-refractivity contribution is -0.929. The van der Waals surface area contributed by atoms with E-state index in [1.807, 2.05) is 0 Å². The van der Waals surface area contributed by atoms with Crippen LogP contribution in [0.4, 0.5) is 0 Å². The summed E-state index contributed by atoms with van der Waals surface area (Å²) in [5.41, 5.74) is 0. The molecule has 0 atom stereocenters. The van der Waals surface area contributed by atoms with Crippen LogP contribution >= 0.6 is 0 Å². The highest BCUT2D eigenvalue weighted by Crippen LogP contribution is 2.20. The second-order valence-corrected chi connectivity index (χ2v) is 8.14. The van der Waals surface area contributed by atoms with Gasteiger partial charge in [0.15, 0.2) is 0 Å². The van der Waals surface area contributed by atoms with Crippen molar-refractivity contribution < 1.29 is 4.48 Å². The summed E-state index contributed by atoms with van der Waals surface area (Å²) in [5, 5.41) is 0. The predicted octanol–water partition coefficient (Wildman–Crippen LogP) is 5.74. The van der Waals surface area contributed by atoms with Crippen LogP contribution in [-0.4, -0.2) is 30.7 Å². The maximum absolute atomic E-state index is 2.37. The van der Waals surface area contributed by atoms with Crippen LogP contribution in [0.15, 0.2) is 0 Å².